The fraction of sp³-hybridized carbons (Fsp3) is 0.323. The van der Waals surface area contributed by atoms with Crippen molar-refractivity contribution in [2.24, 2.45) is 0 Å². The van der Waals surface area contributed by atoms with Crippen molar-refractivity contribution in [3.63, 3.8) is 0 Å². The van der Waals surface area contributed by atoms with Gasteiger partial charge in [-0.05, 0) is 73.8 Å². The van der Waals surface area contributed by atoms with Crippen LogP contribution in [0.1, 0.15) is 84.9 Å². The maximum Gasteiger partial charge on any atom is 0.355 e. The zero-order valence-electron chi connectivity index (χ0n) is 21.4. The Kier molecular flexibility index (Phi) is 7.86. The van der Waals surface area contributed by atoms with Crippen LogP contribution in [0.2, 0.25) is 0 Å². The van der Waals surface area contributed by atoms with E-state index in [0.717, 1.165) is 23.1 Å². The Bertz CT molecular complexity index is 1370. The molecule has 4 rings (SSSR count). The average molecular weight is 497 g/mol. The van der Waals surface area contributed by atoms with E-state index >= 15 is 0 Å². The first-order valence-corrected chi connectivity index (χ1v) is 13.3. The van der Waals surface area contributed by atoms with Gasteiger partial charge in [0.15, 0.2) is 0 Å². The lowest BCUT2D eigenvalue weighted by Crippen LogP contribution is -2.13. The lowest BCUT2D eigenvalue weighted by molar-refractivity contribution is 0.0739. The standard InChI is InChI=1S/C31H32N2O2S/c1-21-28(36-29(33-21)24-16-17-27(31(2,3)4)25(19-24)20-32)30(34)35-26-15-9-14-23(18-26)13-8-12-22-10-6-5-7-11-22/h8-10,13-19H,5-7,11-12H2,1-4H3/b13-8+. The van der Waals surface area contributed by atoms with E-state index in [1.54, 1.807) is 6.07 Å². The summed E-state index contributed by atoms with van der Waals surface area (Å²) in [7, 11) is 0. The number of thiazole rings is 1. The first-order valence-electron chi connectivity index (χ1n) is 12.4. The minimum atomic E-state index is -0.420. The molecule has 3 aromatic rings. The third-order valence-corrected chi connectivity index (χ3v) is 7.51. The van der Waals surface area contributed by atoms with E-state index in [2.05, 4.69) is 50.1 Å². The Labute approximate surface area is 218 Å². The predicted octanol–water partition coefficient (Wildman–Crippen LogP) is 8.41. The summed E-state index contributed by atoms with van der Waals surface area (Å²) >= 11 is 1.29. The summed E-state index contributed by atoms with van der Waals surface area (Å²) < 4.78 is 5.71. The number of nitriles is 1. The molecule has 0 N–H and O–H groups in total. The Hall–Kier alpha value is -3.49. The molecule has 1 aliphatic rings. The number of nitrogens with zero attached hydrogens (tertiary/aromatic N) is 2. The SMILES string of the molecule is Cc1nc(-c2ccc(C(C)(C)C)c(C#N)c2)sc1C(=O)Oc1cccc(/C=C/CC2=CCCCC2)c1. The number of carbonyl (C=O) groups is 1. The Morgan fingerprint density at radius 2 is 2.03 bits per heavy atom. The predicted molar refractivity (Wildman–Crippen MR) is 147 cm³/mol. The second-order valence-electron chi connectivity index (χ2n) is 10.2. The van der Waals surface area contributed by atoms with Gasteiger partial charge < -0.3 is 4.74 Å². The zero-order chi connectivity index (χ0) is 25.7. The van der Waals surface area contributed by atoms with Crippen LogP contribution in [0.5, 0.6) is 5.75 Å². The van der Waals surface area contributed by atoms with Crippen molar-refractivity contribution in [1.29, 1.82) is 5.26 Å². The average Bonchev–Trinajstić information content (AvgIpc) is 3.26. The fourth-order valence-electron chi connectivity index (χ4n) is 4.40. The highest BCUT2D eigenvalue weighted by molar-refractivity contribution is 7.17. The van der Waals surface area contributed by atoms with E-state index in [1.807, 2.05) is 43.3 Å². The molecule has 0 fully saturated rings. The largest absolute Gasteiger partial charge is 0.422 e. The van der Waals surface area contributed by atoms with Crippen LogP contribution >= 0.6 is 11.3 Å². The molecule has 0 saturated carbocycles. The van der Waals surface area contributed by atoms with Crippen LogP contribution in [0.15, 0.2) is 60.2 Å². The van der Waals surface area contributed by atoms with E-state index in [-0.39, 0.29) is 5.41 Å². The van der Waals surface area contributed by atoms with E-state index in [1.165, 1.54) is 42.6 Å². The van der Waals surface area contributed by atoms with Crippen molar-refractivity contribution in [2.45, 2.75) is 65.2 Å². The second-order valence-corrected chi connectivity index (χ2v) is 11.2. The first kappa shape index (κ1) is 25.6. The van der Waals surface area contributed by atoms with Crippen molar-refractivity contribution in [3.05, 3.63) is 87.5 Å². The number of carbonyl (C=O) groups excluding carboxylic acids is 1. The van der Waals surface area contributed by atoms with Crippen LogP contribution in [0.4, 0.5) is 0 Å². The lowest BCUT2D eigenvalue weighted by Gasteiger charge is -2.20. The molecule has 0 saturated heterocycles. The number of aromatic nitrogens is 1. The molecule has 184 valence electrons. The minimum Gasteiger partial charge on any atom is -0.422 e. The summed E-state index contributed by atoms with van der Waals surface area (Å²) in [6.45, 7) is 8.07. The molecule has 1 aliphatic carbocycles. The Morgan fingerprint density at radius 3 is 2.75 bits per heavy atom. The number of rotatable bonds is 6. The van der Waals surface area contributed by atoms with Crippen LogP contribution in [-0.2, 0) is 5.41 Å². The molecule has 1 aromatic heterocycles. The van der Waals surface area contributed by atoms with Crippen molar-refractivity contribution in [3.8, 4) is 22.4 Å². The summed E-state index contributed by atoms with van der Waals surface area (Å²) in [5.41, 5.74) is 5.44. The fourth-order valence-corrected chi connectivity index (χ4v) is 5.34. The maximum atomic E-state index is 13.0. The van der Waals surface area contributed by atoms with Crippen LogP contribution in [0.25, 0.3) is 16.6 Å². The highest BCUT2D eigenvalue weighted by Gasteiger charge is 2.21. The van der Waals surface area contributed by atoms with E-state index < -0.39 is 5.97 Å². The monoisotopic (exact) mass is 496 g/mol. The van der Waals surface area contributed by atoms with Gasteiger partial charge >= 0.3 is 5.97 Å². The quantitative estimate of drug-likeness (QED) is 0.195. The van der Waals surface area contributed by atoms with Gasteiger partial charge in [-0.1, -0.05) is 68.8 Å². The third-order valence-electron chi connectivity index (χ3n) is 6.32. The van der Waals surface area contributed by atoms with E-state index in [4.69, 9.17) is 4.74 Å². The first-order chi connectivity index (χ1) is 17.2. The molecule has 36 heavy (non-hydrogen) atoms. The zero-order valence-corrected chi connectivity index (χ0v) is 22.2. The molecule has 0 atom stereocenters. The number of aryl methyl sites for hydroxylation is 1. The Balaban J connectivity index is 1.48. The number of hydrogen-bond acceptors (Lipinski definition) is 5. The number of allylic oxidation sites excluding steroid dienone is 3. The van der Waals surface area contributed by atoms with Crippen LogP contribution in [0, 0.1) is 18.3 Å². The molecule has 0 spiro atoms. The van der Waals surface area contributed by atoms with Gasteiger partial charge in [-0.15, -0.1) is 11.3 Å². The normalized spacial score (nSPS) is 13.9. The highest BCUT2D eigenvalue weighted by Crippen LogP contribution is 2.33. The van der Waals surface area contributed by atoms with Crippen molar-refractivity contribution in [1.82, 2.24) is 4.98 Å². The molecule has 0 radical (unpaired) electrons. The van der Waals surface area contributed by atoms with Gasteiger partial charge in [0.25, 0.3) is 0 Å². The number of benzene rings is 2. The van der Waals surface area contributed by atoms with Crippen molar-refractivity contribution in [2.75, 3.05) is 0 Å². The summed E-state index contributed by atoms with van der Waals surface area (Å²) in [6.07, 6.45) is 12.5. The topological polar surface area (TPSA) is 63.0 Å². The number of hydrogen-bond donors (Lipinski definition) is 0. The third kappa shape index (κ3) is 6.19. The molecular weight excluding hydrogens is 464 g/mol. The van der Waals surface area contributed by atoms with Crippen LogP contribution < -0.4 is 4.74 Å². The van der Waals surface area contributed by atoms with Gasteiger partial charge in [0.2, 0.25) is 0 Å². The van der Waals surface area contributed by atoms with Gasteiger partial charge in [0, 0.05) is 5.56 Å². The molecule has 0 unspecified atom stereocenters. The van der Waals surface area contributed by atoms with Crippen LogP contribution in [0.3, 0.4) is 0 Å². The molecule has 2 aromatic carbocycles. The van der Waals surface area contributed by atoms with E-state index in [9.17, 15) is 10.1 Å². The molecule has 1 heterocycles. The molecule has 5 heteroatoms. The second kappa shape index (κ2) is 11.1. The van der Waals surface area contributed by atoms with Gasteiger partial charge in [-0.2, -0.15) is 5.26 Å². The number of ether oxygens (including phenoxy) is 1. The molecular formula is C31H32N2O2S. The minimum absolute atomic E-state index is 0.131. The van der Waals surface area contributed by atoms with Crippen LogP contribution in [-0.4, -0.2) is 11.0 Å². The maximum absolute atomic E-state index is 13.0. The van der Waals surface area contributed by atoms with Gasteiger partial charge in [0.1, 0.15) is 15.6 Å². The molecule has 0 amide bonds. The van der Waals surface area contributed by atoms with Gasteiger partial charge in [0.05, 0.1) is 17.3 Å². The van der Waals surface area contributed by atoms with E-state index in [0.29, 0.717) is 26.9 Å². The Morgan fingerprint density at radius 1 is 1.19 bits per heavy atom. The summed E-state index contributed by atoms with van der Waals surface area (Å²) in [5, 5.41) is 10.4. The van der Waals surface area contributed by atoms with Crippen molar-refractivity contribution < 1.29 is 9.53 Å². The summed E-state index contributed by atoms with van der Waals surface area (Å²) in [6, 6.07) is 15.7. The molecule has 0 bridgehead atoms. The van der Waals surface area contributed by atoms with Crippen molar-refractivity contribution >= 4 is 23.4 Å². The van der Waals surface area contributed by atoms with Gasteiger partial charge in [-0.25, -0.2) is 9.78 Å². The summed E-state index contributed by atoms with van der Waals surface area (Å²) in [4.78, 5) is 18.1. The molecule has 0 aliphatic heterocycles. The smallest absolute Gasteiger partial charge is 0.355 e. The van der Waals surface area contributed by atoms with Gasteiger partial charge in [-0.3, -0.25) is 0 Å². The summed E-state index contributed by atoms with van der Waals surface area (Å²) in [5.74, 6) is 0.0891. The lowest BCUT2D eigenvalue weighted by atomic mass is 9.83. The molecule has 4 nitrogen and oxygen atoms in total. The highest BCUT2D eigenvalue weighted by atomic mass is 32.1. The number of esters is 1.